The third-order valence-corrected chi connectivity index (χ3v) is 3.36. The van der Waals surface area contributed by atoms with Gasteiger partial charge in [-0.05, 0) is 24.1 Å². The number of halogens is 4. The van der Waals surface area contributed by atoms with Crippen LogP contribution >= 0.6 is 0 Å². The first-order valence-electron chi connectivity index (χ1n) is 7.42. The van der Waals surface area contributed by atoms with Crippen molar-refractivity contribution in [2.24, 2.45) is 4.99 Å². The van der Waals surface area contributed by atoms with E-state index in [2.05, 4.69) is 15.6 Å². The number of alkyl halides is 3. The van der Waals surface area contributed by atoms with E-state index in [-0.39, 0.29) is 31.7 Å². The molecule has 0 unspecified atom stereocenters. The van der Waals surface area contributed by atoms with Crippen LogP contribution in [0.4, 0.5) is 17.6 Å². The molecule has 0 aliphatic carbocycles. The second-order valence-electron chi connectivity index (χ2n) is 5.20. The number of nitrogens with zero attached hydrogens (tertiary/aromatic N) is 1. The standard InChI is InChI=1S/C15H19F4N3O2/c1-20-14(22-5-3-15(17,18)19)21-4-2-10-6-12(16)7-11-8-23-9-24-13(10)11/h6-7H,2-5,8-9H2,1H3,(H2,20,21,22). The van der Waals surface area contributed by atoms with Gasteiger partial charge in [-0.3, -0.25) is 4.99 Å². The van der Waals surface area contributed by atoms with E-state index >= 15 is 0 Å². The summed E-state index contributed by atoms with van der Waals surface area (Å²) in [6.45, 7) is 0.499. The van der Waals surface area contributed by atoms with Gasteiger partial charge in [-0.25, -0.2) is 4.39 Å². The van der Waals surface area contributed by atoms with E-state index < -0.39 is 12.6 Å². The number of ether oxygens (including phenoxy) is 2. The molecule has 0 radical (unpaired) electrons. The number of aliphatic imine (C=N–C) groups is 1. The molecular weight excluding hydrogens is 330 g/mol. The molecule has 0 bridgehead atoms. The average molecular weight is 349 g/mol. The van der Waals surface area contributed by atoms with Gasteiger partial charge in [0.1, 0.15) is 11.6 Å². The molecule has 0 atom stereocenters. The lowest BCUT2D eigenvalue weighted by molar-refractivity contribution is -0.132. The molecule has 5 nitrogen and oxygen atoms in total. The topological polar surface area (TPSA) is 54.9 Å². The second kappa shape index (κ2) is 8.18. The Bertz CT molecular complexity index is 591. The van der Waals surface area contributed by atoms with Gasteiger partial charge < -0.3 is 20.1 Å². The van der Waals surface area contributed by atoms with Gasteiger partial charge in [0, 0.05) is 25.7 Å². The quantitative estimate of drug-likeness (QED) is 0.487. The lowest BCUT2D eigenvalue weighted by Gasteiger charge is -2.21. The van der Waals surface area contributed by atoms with Crippen molar-refractivity contribution in [2.75, 3.05) is 26.9 Å². The molecule has 2 N–H and O–H groups in total. The number of fused-ring (bicyclic) bond motifs is 1. The first-order valence-corrected chi connectivity index (χ1v) is 7.42. The second-order valence-corrected chi connectivity index (χ2v) is 5.20. The summed E-state index contributed by atoms with van der Waals surface area (Å²) in [6.07, 6.45) is -4.73. The number of benzene rings is 1. The zero-order valence-electron chi connectivity index (χ0n) is 13.2. The predicted molar refractivity (Wildman–Crippen MR) is 80.4 cm³/mol. The Balaban J connectivity index is 1.86. The van der Waals surface area contributed by atoms with Crippen molar-refractivity contribution < 1.29 is 27.0 Å². The van der Waals surface area contributed by atoms with Gasteiger partial charge in [0.15, 0.2) is 12.8 Å². The summed E-state index contributed by atoms with van der Waals surface area (Å²) in [5.41, 5.74) is 1.32. The molecule has 1 heterocycles. The molecule has 9 heteroatoms. The molecule has 0 amide bonds. The molecule has 0 fully saturated rings. The largest absolute Gasteiger partial charge is 0.467 e. The van der Waals surface area contributed by atoms with E-state index in [0.29, 0.717) is 29.8 Å². The SMILES string of the molecule is CN=C(NCCc1cc(F)cc2c1OCOC2)NCCC(F)(F)F. The van der Waals surface area contributed by atoms with Gasteiger partial charge in [0.2, 0.25) is 0 Å². The molecule has 0 spiro atoms. The van der Waals surface area contributed by atoms with E-state index in [1.807, 2.05) is 0 Å². The van der Waals surface area contributed by atoms with Gasteiger partial charge in [0.05, 0.1) is 13.0 Å². The Kier molecular flexibility index (Phi) is 6.24. The first-order chi connectivity index (χ1) is 11.4. The number of hydrogen-bond acceptors (Lipinski definition) is 3. The summed E-state index contributed by atoms with van der Waals surface area (Å²) >= 11 is 0. The molecule has 24 heavy (non-hydrogen) atoms. The molecular formula is C15H19F4N3O2. The van der Waals surface area contributed by atoms with Crippen LogP contribution in [-0.2, 0) is 17.8 Å². The number of hydrogen-bond donors (Lipinski definition) is 2. The fourth-order valence-corrected chi connectivity index (χ4v) is 2.30. The monoisotopic (exact) mass is 349 g/mol. The van der Waals surface area contributed by atoms with Crippen molar-refractivity contribution in [1.29, 1.82) is 0 Å². The zero-order chi connectivity index (χ0) is 17.6. The van der Waals surface area contributed by atoms with Gasteiger partial charge >= 0.3 is 6.18 Å². The lowest BCUT2D eigenvalue weighted by atomic mass is 10.1. The smallest absolute Gasteiger partial charge is 0.390 e. The molecule has 1 aliphatic rings. The van der Waals surface area contributed by atoms with Crippen LogP contribution in [0.5, 0.6) is 5.75 Å². The normalized spacial score (nSPS) is 14.8. The third kappa shape index (κ3) is 5.55. The zero-order valence-corrected chi connectivity index (χ0v) is 13.2. The van der Waals surface area contributed by atoms with E-state index in [9.17, 15) is 17.6 Å². The van der Waals surface area contributed by atoms with Crippen LogP contribution in [0.3, 0.4) is 0 Å². The fraction of sp³-hybridized carbons (Fsp3) is 0.533. The van der Waals surface area contributed by atoms with Crippen LogP contribution in [-0.4, -0.2) is 39.1 Å². The van der Waals surface area contributed by atoms with Crippen molar-refractivity contribution in [1.82, 2.24) is 10.6 Å². The van der Waals surface area contributed by atoms with Crippen LogP contribution < -0.4 is 15.4 Å². The maximum atomic E-state index is 13.6. The number of nitrogens with one attached hydrogen (secondary N) is 2. The summed E-state index contributed by atoms with van der Waals surface area (Å²) in [4.78, 5) is 3.85. The maximum Gasteiger partial charge on any atom is 0.390 e. The minimum Gasteiger partial charge on any atom is -0.467 e. The van der Waals surface area contributed by atoms with Gasteiger partial charge in [0.25, 0.3) is 0 Å². The van der Waals surface area contributed by atoms with Crippen molar-refractivity contribution in [3.8, 4) is 5.75 Å². The molecule has 0 saturated heterocycles. The van der Waals surface area contributed by atoms with Crippen LogP contribution in [0.15, 0.2) is 17.1 Å². The Morgan fingerprint density at radius 3 is 2.71 bits per heavy atom. The van der Waals surface area contributed by atoms with Crippen molar-refractivity contribution in [3.63, 3.8) is 0 Å². The average Bonchev–Trinajstić information content (AvgIpc) is 2.52. The van der Waals surface area contributed by atoms with Crippen molar-refractivity contribution >= 4 is 5.96 Å². The minimum atomic E-state index is -4.22. The molecule has 1 aromatic carbocycles. The summed E-state index contributed by atoms with van der Waals surface area (Å²) in [5, 5.41) is 5.47. The fourth-order valence-electron chi connectivity index (χ4n) is 2.30. The maximum absolute atomic E-state index is 13.6. The van der Waals surface area contributed by atoms with Gasteiger partial charge in [-0.1, -0.05) is 0 Å². The Labute approximate surface area is 137 Å². The van der Waals surface area contributed by atoms with Gasteiger partial charge in [-0.2, -0.15) is 13.2 Å². The Morgan fingerprint density at radius 1 is 1.25 bits per heavy atom. The molecule has 1 aliphatic heterocycles. The number of guanidine groups is 1. The molecule has 134 valence electrons. The van der Waals surface area contributed by atoms with Crippen molar-refractivity contribution in [2.45, 2.75) is 25.6 Å². The van der Waals surface area contributed by atoms with Gasteiger partial charge in [-0.15, -0.1) is 0 Å². The Hall–Kier alpha value is -2.03. The highest BCUT2D eigenvalue weighted by Gasteiger charge is 2.26. The predicted octanol–water partition coefficient (Wildman–Crippen LogP) is 2.35. The summed E-state index contributed by atoms with van der Waals surface area (Å²) in [7, 11) is 1.47. The third-order valence-electron chi connectivity index (χ3n) is 3.36. The van der Waals surface area contributed by atoms with Crippen LogP contribution in [0.2, 0.25) is 0 Å². The molecule has 0 saturated carbocycles. The highest BCUT2D eigenvalue weighted by atomic mass is 19.4. The van der Waals surface area contributed by atoms with E-state index in [1.54, 1.807) is 0 Å². The van der Waals surface area contributed by atoms with E-state index in [1.165, 1.54) is 19.2 Å². The van der Waals surface area contributed by atoms with Crippen LogP contribution in [0, 0.1) is 5.82 Å². The Morgan fingerprint density at radius 2 is 2.00 bits per heavy atom. The highest BCUT2D eigenvalue weighted by molar-refractivity contribution is 5.79. The number of rotatable bonds is 5. The van der Waals surface area contributed by atoms with E-state index in [0.717, 1.165) is 0 Å². The lowest BCUT2D eigenvalue weighted by Crippen LogP contribution is -2.39. The minimum absolute atomic E-state index is 0.111. The highest BCUT2D eigenvalue weighted by Crippen LogP contribution is 2.29. The summed E-state index contributed by atoms with van der Waals surface area (Å²) < 4.78 is 60.5. The van der Waals surface area contributed by atoms with Crippen molar-refractivity contribution in [3.05, 3.63) is 29.1 Å². The van der Waals surface area contributed by atoms with Crippen LogP contribution in [0.1, 0.15) is 17.5 Å². The molecule has 2 rings (SSSR count). The van der Waals surface area contributed by atoms with E-state index in [4.69, 9.17) is 9.47 Å². The molecule has 0 aromatic heterocycles. The molecule has 1 aromatic rings. The first kappa shape index (κ1) is 18.3. The summed E-state index contributed by atoms with van der Waals surface area (Å²) in [5.74, 6) is 0.476. The van der Waals surface area contributed by atoms with Crippen LogP contribution in [0.25, 0.3) is 0 Å². The summed E-state index contributed by atoms with van der Waals surface area (Å²) in [6, 6.07) is 2.74.